The lowest BCUT2D eigenvalue weighted by Crippen LogP contribution is -2.23. The van der Waals surface area contributed by atoms with Crippen LogP contribution in [0.4, 0.5) is 5.82 Å². The van der Waals surface area contributed by atoms with Crippen molar-refractivity contribution in [1.29, 1.82) is 0 Å². The van der Waals surface area contributed by atoms with Crippen molar-refractivity contribution in [2.45, 2.75) is 6.54 Å². The molecule has 0 fully saturated rings. The summed E-state index contributed by atoms with van der Waals surface area (Å²) in [6, 6.07) is 13.2. The fourth-order valence-corrected chi connectivity index (χ4v) is 2.39. The molecule has 1 amide bonds. The number of rotatable bonds is 4. The van der Waals surface area contributed by atoms with Crippen LogP contribution in [-0.4, -0.2) is 30.0 Å². The van der Waals surface area contributed by atoms with E-state index in [1.54, 1.807) is 12.4 Å². The number of carbonyl (C=O) groups excluding carboxylic acids is 1. The molecule has 0 aliphatic heterocycles. The van der Waals surface area contributed by atoms with Crippen LogP contribution in [0, 0.1) is 0 Å². The minimum Gasteiger partial charge on any atom is -0.363 e. The fourth-order valence-electron chi connectivity index (χ4n) is 2.39. The highest BCUT2D eigenvalue weighted by atomic mass is 16.1. The van der Waals surface area contributed by atoms with Crippen molar-refractivity contribution in [3.8, 4) is 0 Å². The van der Waals surface area contributed by atoms with Gasteiger partial charge in [-0.2, -0.15) is 0 Å². The van der Waals surface area contributed by atoms with Crippen molar-refractivity contribution in [1.82, 2.24) is 15.3 Å². The molecule has 0 saturated heterocycles. The second kappa shape index (κ2) is 6.44. The fraction of sp³-hybridized carbons (Fsp3) is 0.167. The Morgan fingerprint density at radius 3 is 2.78 bits per heavy atom. The monoisotopic (exact) mass is 306 g/mol. The predicted octanol–water partition coefficient (Wildman–Crippen LogP) is 2.63. The smallest absolute Gasteiger partial charge is 0.252 e. The van der Waals surface area contributed by atoms with Gasteiger partial charge in [-0.15, -0.1) is 0 Å². The Morgan fingerprint density at radius 1 is 1.09 bits per heavy atom. The Morgan fingerprint density at radius 2 is 1.96 bits per heavy atom. The molecule has 0 unspecified atom stereocenters. The first-order valence-corrected chi connectivity index (χ1v) is 7.39. The molecule has 2 aromatic heterocycles. The maximum Gasteiger partial charge on any atom is 0.252 e. The largest absolute Gasteiger partial charge is 0.363 e. The van der Waals surface area contributed by atoms with Crippen LogP contribution in [-0.2, 0) is 6.54 Å². The highest BCUT2D eigenvalue weighted by Gasteiger charge is 2.10. The zero-order valence-electron chi connectivity index (χ0n) is 13.2. The maximum absolute atomic E-state index is 12.5. The van der Waals surface area contributed by atoms with Gasteiger partial charge in [0.15, 0.2) is 0 Å². The van der Waals surface area contributed by atoms with Crippen LogP contribution >= 0.6 is 0 Å². The van der Waals surface area contributed by atoms with E-state index >= 15 is 0 Å². The molecule has 5 heteroatoms. The van der Waals surface area contributed by atoms with E-state index < -0.39 is 0 Å². The van der Waals surface area contributed by atoms with Crippen LogP contribution in [0.15, 0.2) is 54.9 Å². The number of fused-ring (bicyclic) bond motifs is 1. The number of hydrogen-bond acceptors (Lipinski definition) is 4. The van der Waals surface area contributed by atoms with Gasteiger partial charge >= 0.3 is 0 Å². The van der Waals surface area contributed by atoms with Crippen molar-refractivity contribution in [2.24, 2.45) is 0 Å². The summed E-state index contributed by atoms with van der Waals surface area (Å²) in [7, 11) is 3.88. The SMILES string of the molecule is CN(C)c1cc(CNC(=O)c2cccc3ncccc23)ccn1. The Labute approximate surface area is 135 Å². The average Bonchev–Trinajstić information content (AvgIpc) is 2.59. The molecular formula is C18H18N4O. The first kappa shape index (κ1) is 15.0. The summed E-state index contributed by atoms with van der Waals surface area (Å²) in [6.45, 7) is 0.457. The number of amides is 1. The van der Waals surface area contributed by atoms with Crippen molar-refractivity contribution in [3.05, 3.63) is 66.0 Å². The maximum atomic E-state index is 12.5. The molecule has 3 rings (SSSR count). The number of nitrogens with one attached hydrogen (secondary N) is 1. The van der Waals surface area contributed by atoms with Gasteiger partial charge in [-0.3, -0.25) is 9.78 Å². The van der Waals surface area contributed by atoms with E-state index in [0.29, 0.717) is 12.1 Å². The van der Waals surface area contributed by atoms with Crippen LogP contribution in [0.5, 0.6) is 0 Å². The highest BCUT2D eigenvalue weighted by molar-refractivity contribution is 6.06. The van der Waals surface area contributed by atoms with Crippen molar-refractivity contribution >= 4 is 22.6 Å². The van der Waals surface area contributed by atoms with Gasteiger partial charge in [0.05, 0.1) is 5.52 Å². The minimum absolute atomic E-state index is 0.105. The Kier molecular flexibility index (Phi) is 4.19. The van der Waals surface area contributed by atoms with Gasteiger partial charge < -0.3 is 10.2 Å². The first-order chi connectivity index (χ1) is 11.1. The summed E-state index contributed by atoms with van der Waals surface area (Å²) in [4.78, 5) is 23.0. The predicted molar refractivity (Wildman–Crippen MR) is 91.5 cm³/mol. The van der Waals surface area contributed by atoms with E-state index in [1.807, 2.05) is 61.5 Å². The lowest BCUT2D eigenvalue weighted by Gasteiger charge is -2.13. The number of carbonyl (C=O) groups is 1. The molecule has 0 atom stereocenters. The molecule has 0 saturated carbocycles. The van der Waals surface area contributed by atoms with Crippen LogP contribution in [0.3, 0.4) is 0 Å². The molecule has 0 aliphatic carbocycles. The summed E-state index contributed by atoms with van der Waals surface area (Å²) >= 11 is 0. The van der Waals surface area contributed by atoms with Gasteiger partial charge in [0.2, 0.25) is 0 Å². The second-order valence-corrected chi connectivity index (χ2v) is 5.48. The summed E-state index contributed by atoms with van der Waals surface area (Å²) in [5.41, 5.74) is 2.46. The van der Waals surface area contributed by atoms with Gasteiger partial charge in [0.1, 0.15) is 5.82 Å². The normalized spacial score (nSPS) is 10.5. The van der Waals surface area contributed by atoms with Gasteiger partial charge in [-0.1, -0.05) is 12.1 Å². The van der Waals surface area contributed by atoms with E-state index in [9.17, 15) is 4.79 Å². The standard InChI is InChI=1S/C18H18N4O/c1-22(2)17-11-13(8-10-20-17)12-21-18(23)15-5-3-7-16-14(15)6-4-9-19-16/h3-11H,12H2,1-2H3,(H,21,23). The van der Waals surface area contributed by atoms with Crippen molar-refractivity contribution in [3.63, 3.8) is 0 Å². The van der Waals surface area contributed by atoms with Crippen molar-refractivity contribution < 1.29 is 4.79 Å². The topological polar surface area (TPSA) is 58.1 Å². The van der Waals surface area contributed by atoms with Gasteiger partial charge in [0, 0.05) is 44.0 Å². The van der Waals surface area contributed by atoms with Crippen LogP contribution in [0.2, 0.25) is 0 Å². The zero-order valence-corrected chi connectivity index (χ0v) is 13.2. The van der Waals surface area contributed by atoms with Crippen LogP contribution < -0.4 is 10.2 Å². The van der Waals surface area contributed by atoms with E-state index in [2.05, 4.69) is 15.3 Å². The summed E-state index contributed by atoms with van der Waals surface area (Å²) in [5.74, 6) is 0.762. The molecule has 116 valence electrons. The molecule has 3 aromatic rings. The van der Waals surface area contributed by atoms with E-state index in [0.717, 1.165) is 22.3 Å². The molecule has 1 aromatic carbocycles. The molecule has 23 heavy (non-hydrogen) atoms. The molecule has 2 heterocycles. The molecule has 1 N–H and O–H groups in total. The Bertz CT molecular complexity index is 840. The van der Waals surface area contributed by atoms with E-state index in [1.165, 1.54) is 0 Å². The molecular weight excluding hydrogens is 288 g/mol. The summed E-state index contributed by atoms with van der Waals surface area (Å²) in [6.07, 6.45) is 3.47. The lowest BCUT2D eigenvalue weighted by atomic mass is 10.1. The molecule has 0 bridgehead atoms. The van der Waals surface area contributed by atoms with E-state index in [4.69, 9.17) is 0 Å². The van der Waals surface area contributed by atoms with Crippen LogP contribution in [0.25, 0.3) is 10.9 Å². The quantitative estimate of drug-likeness (QED) is 0.805. The third kappa shape index (κ3) is 3.29. The Balaban J connectivity index is 1.78. The number of nitrogens with zero attached hydrogens (tertiary/aromatic N) is 3. The van der Waals surface area contributed by atoms with Gasteiger partial charge in [-0.25, -0.2) is 4.98 Å². The Hall–Kier alpha value is -2.95. The molecule has 0 aliphatic rings. The first-order valence-electron chi connectivity index (χ1n) is 7.39. The lowest BCUT2D eigenvalue weighted by molar-refractivity contribution is 0.0952. The number of anilines is 1. The van der Waals surface area contributed by atoms with Gasteiger partial charge in [0.25, 0.3) is 5.91 Å². The second-order valence-electron chi connectivity index (χ2n) is 5.48. The highest BCUT2D eigenvalue weighted by Crippen LogP contribution is 2.16. The zero-order chi connectivity index (χ0) is 16.2. The molecule has 5 nitrogen and oxygen atoms in total. The molecule has 0 spiro atoms. The van der Waals surface area contributed by atoms with Crippen LogP contribution in [0.1, 0.15) is 15.9 Å². The average molecular weight is 306 g/mol. The number of hydrogen-bond donors (Lipinski definition) is 1. The van der Waals surface area contributed by atoms with Gasteiger partial charge in [-0.05, 0) is 35.9 Å². The minimum atomic E-state index is -0.105. The number of benzene rings is 1. The molecule has 0 radical (unpaired) electrons. The number of pyridine rings is 2. The third-order valence-corrected chi connectivity index (χ3v) is 3.61. The third-order valence-electron chi connectivity index (χ3n) is 3.61. The van der Waals surface area contributed by atoms with Crippen molar-refractivity contribution in [2.75, 3.05) is 19.0 Å². The number of aromatic nitrogens is 2. The summed E-state index contributed by atoms with van der Waals surface area (Å²) < 4.78 is 0. The van der Waals surface area contributed by atoms with E-state index in [-0.39, 0.29) is 5.91 Å². The summed E-state index contributed by atoms with van der Waals surface area (Å²) in [5, 5.41) is 3.82.